The predicted molar refractivity (Wildman–Crippen MR) is 220 cm³/mol. The lowest BCUT2D eigenvalue weighted by Gasteiger charge is -2.42. The summed E-state index contributed by atoms with van der Waals surface area (Å²) in [6.07, 6.45) is 14.3. The van der Waals surface area contributed by atoms with Crippen molar-refractivity contribution in [2.45, 2.75) is 229 Å². The number of carbonyl (C=O) groups excluding carboxylic acids is 1. The Morgan fingerprint density at radius 2 is 1.02 bits per heavy atom. The van der Waals surface area contributed by atoms with E-state index in [0.717, 1.165) is 44.9 Å². The van der Waals surface area contributed by atoms with Crippen LogP contribution >= 0.6 is 0 Å². The summed E-state index contributed by atoms with van der Waals surface area (Å²) in [6.45, 7) is 3.64. The van der Waals surface area contributed by atoms with Gasteiger partial charge in [-0.2, -0.15) is 0 Å². The molecule has 0 spiro atoms. The molecule has 2 fully saturated rings. The maximum atomic E-state index is 12.9. The number of esters is 1. The van der Waals surface area contributed by atoms with Gasteiger partial charge in [-0.1, -0.05) is 129 Å². The van der Waals surface area contributed by atoms with Crippen LogP contribution in [0.25, 0.3) is 0 Å². The van der Waals surface area contributed by atoms with Crippen molar-refractivity contribution in [3.63, 3.8) is 0 Å². The minimum absolute atomic E-state index is 0.0617. The van der Waals surface area contributed by atoms with Crippen molar-refractivity contribution >= 4 is 5.97 Å². The van der Waals surface area contributed by atoms with E-state index >= 15 is 0 Å². The van der Waals surface area contributed by atoms with E-state index in [-0.39, 0.29) is 25.6 Å². The molecule has 7 N–H and O–H groups in total. The molecule has 0 aromatic carbocycles. The summed E-state index contributed by atoms with van der Waals surface area (Å²) >= 11 is 0. The fourth-order valence-corrected chi connectivity index (χ4v) is 7.22. The largest absolute Gasteiger partial charge is 0.457 e. The molecule has 0 aromatic rings. The highest BCUT2D eigenvalue weighted by molar-refractivity contribution is 5.69. The maximum Gasteiger partial charge on any atom is 0.306 e. The zero-order valence-electron chi connectivity index (χ0n) is 35.8. The van der Waals surface area contributed by atoms with Gasteiger partial charge in [0.25, 0.3) is 0 Å². The van der Waals surface area contributed by atoms with Crippen LogP contribution in [-0.2, 0) is 33.2 Å². The van der Waals surface area contributed by atoms with Gasteiger partial charge in [-0.05, 0) is 38.5 Å². The fourth-order valence-electron chi connectivity index (χ4n) is 7.22. The maximum absolute atomic E-state index is 12.9. The molecule has 58 heavy (non-hydrogen) atoms. The predicted octanol–water partition coefficient (Wildman–Crippen LogP) is 5.12. The van der Waals surface area contributed by atoms with Gasteiger partial charge in [0.05, 0.1) is 26.4 Å². The van der Waals surface area contributed by atoms with Crippen molar-refractivity contribution in [1.29, 1.82) is 0 Å². The van der Waals surface area contributed by atoms with E-state index in [4.69, 9.17) is 28.4 Å². The molecule has 2 aliphatic rings. The van der Waals surface area contributed by atoms with Crippen LogP contribution in [0.1, 0.15) is 162 Å². The number of hydrogen-bond acceptors (Lipinski definition) is 14. The van der Waals surface area contributed by atoms with E-state index < -0.39 is 80.7 Å². The number of ether oxygens (including phenoxy) is 6. The van der Waals surface area contributed by atoms with Gasteiger partial charge in [-0.15, -0.1) is 0 Å². The van der Waals surface area contributed by atoms with Crippen molar-refractivity contribution in [3.8, 4) is 0 Å². The fraction of sp³-hybridized carbons (Fsp3) is 0.932. The van der Waals surface area contributed by atoms with Gasteiger partial charge in [0.15, 0.2) is 12.6 Å². The summed E-state index contributed by atoms with van der Waals surface area (Å²) < 4.78 is 34.1. The van der Waals surface area contributed by atoms with Crippen LogP contribution in [0, 0.1) is 0 Å². The van der Waals surface area contributed by atoms with Gasteiger partial charge in [-0.25, -0.2) is 0 Å². The first-order chi connectivity index (χ1) is 28.1. The van der Waals surface area contributed by atoms with Gasteiger partial charge < -0.3 is 64.2 Å². The second-order valence-electron chi connectivity index (χ2n) is 16.2. The second kappa shape index (κ2) is 33.4. The number of aliphatic hydroxyl groups is 7. The third-order valence-electron chi connectivity index (χ3n) is 11.0. The van der Waals surface area contributed by atoms with E-state index in [1.54, 1.807) is 0 Å². The molecule has 0 radical (unpaired) electrons. The summed E-state index contributed by atoms with van der Waals surface area (Å²) in [7, 11) is 0. The number of aliphatic hydroxyl groups excluding tert-OH is 7. The smallest absolute Gasteiger partial charge is 0.306 e. The Hall–Kier alpha value is -1.27. The monoisotopic (exact) mass is 835 g/mol. The molecule has 14 heteroatoms. The van der Waals surface area contributed by atoms with Gasteiger partial charge in [0.2, 0.25) is 0 Å². The number of allylic oxidation sites excluding steroid dienone is 2. The van der Waals surface area contributed by atoms with E-state index in [9.17, 15) is 40.5 Å². The highest BCUT2D eigenvalue weighted by Crippen LogP contribution is 2.26. The Morgan fingerprint density at radius 3 is 1.59 bits per heavy atom. The summed E-state index contributed by atoms with van der Waals surface area (Å²) in [5.41, 5.74) is 0. The first kappa shape index (κ1) is 52.9. The molecule has 0 bridgehead atoms. The quantitative estimate of drug-likeness (QED) is 0.0251. The zero-order chi connectivity index (χ0) is 42.4. The standard InChI is InChI=1S/C44H82O14/c1-3-5-7-9-11-13-15-16-17-18-20-22-24-26-28-53-30-33(56-36(46)27-25-23-21-19-14-12-10-8-6-4-2)31-54-43-42(52)40(50)38(48)35(58-43)32-55-44-41(51)39(49)37(47)34(29-45)57-44/h13,15,33-35,37-45,47-52H,3-12,14,16-32H2,1-2H3/b15-13-. The van der Waals surface area contributed by atoms with E-state index in [2.05, 4.69) is 26.0 Å². The van der Waals surface area contributed by atoms with Crippen LogP contribution in [0.4, 0.5) is 0 Å². The number of rotatable bonds is 35. The van der Waals surface area contributed by atoms with E-state index in [1.807, 2.05) is 0 Å². The molecule has 0 amide bonds. The van der Waals surface area contributed by atoms with Crippen LogP contribution in [0.5, 0.6) is 0 Å². The van der Waals surface area contributed by atoms with Crippen LogP contribution in [-0.4, -0.2) is 142 Å². The Morgan fingerprint density at radius 1 is 0.552 bits per heavy atom. The lowest BCUT2D eigenvalue weighted by Crippen LogP contribution is -2.61. The average molecular weight is 835 g/mol. The highest BCUT2D eigenvalue weighted by Gasteiger charge is 2.47. The molecule has 0 aliphatic carbocycles. The molecule has 2 heterocycles. The Kier molecular flexibility index (Phi) is 30.4. The molecule has 0 saturated carbocycles. The summed E-state index contributed by atoms with van der Waals surface area (Å²) in [5.74, 6) is -0.380. The molecule has 11 unspecified atom stereocenters. The van der Waals surface area contributed by atoms with Crippen LogP contribution in [0.3, 0.4) is 0 Å². The minimum atomic E-state index is -1.70. The first-order valence-corrected chi connectivity index (χ1v) is 22.8. The van der Waals surface area contributed by atoms with Crippen molar-refractivity contribution in [1.82, 2.24) is 0 Å². The van der Waals surface area contributed by atoms with Crippen LogP contribution in [0.2, 0.25) is 0 Å². The molecular formula is C44H82O14. The molecule has 2 rings (SSSR count). The molecule has 14 nitrogen and oxygen atoms in total. The van der Waals surface area contributed by atoms with Gasteiger partial charge in [0.1, 0.15) is 54.9 Å². The summed E-state index contributed by atoms with van der Waals surface area (Å²) in [6, 6.07) is 0. The first-order valence-electron chi connectivity index (χ1n) is 22.8. The van der Waals surface area contributed by atoms with Crippen LogP contribution < -0.4 is 0 Å². The Balaban J connectivity index is 1.81. The topological polar surface area (TPSA) is 214 Å². The van der Waals surface area contributed by atoms with Crippen molar-refractivity contribution < 1.29 is 69.0 Å². The second-order valence-corrected chi connectivity index (χ2v) is 16.2. The van der Waals surface area contributed by atoms with Gasteiger partial charge >= 0.3 is 5.97 Å². The van der Waals surface area contributed by atoms with Gasteiger partial charge in [-0.3, -0.25) is 4.79 Å². The summed E-state index contributed by atoms with van der Waals surface area (Å²) in [5, 5.41) is 71.8. The Labute approximate surface area is 348 Å². The third-order valence-corrected chi connectivity index (χ3v) is 11.0. The average Bonchev–Trinajstić information content (AvgIpc) is 3.22. The number of hydrogen-bond donors (Lipinski definition) is 7. The van der Waals surface area contributed by atoms with E-state index in [1.165, 1.54) is 89.9 Å². The molecule has 342 valence electrons. The zero-order valence-corrected chi connectivity index (χ0v) is 35.8. The third kappa shape index (κ3) is 22.0. The van der Waals surface area contributed by atoms with E-state index in [0.29, 0.717) is 13.0 Å². The van der Waals surface area contributed by atoms with Crippen molar-refractivity contribution in [2.75, 3.05) is 33.0 Å². The lowest BCUT2D eigenvalue weighted by atomic mass is 9.98. The van der Waals surface area contributed by atoms with Gasteiger partial charge in [0, 0.05) is 13.0 Å². The number of carbonyl (C=O) groups is 1. The summed E-state index contributed by atoms with van der Waals surface area (Å²) in [4.78, 5) is 12.9. The lowest BCUT2D eigenvalue weighted by molar-refractivity contribution is -0.332. The molecule has 0 aromatic heterocycles. The molecule has 11 atom stereocenters. The molecular weight excluding hydrogens is 752 g/mol. The minimum Gasteiger partial charge on any atom is -0.457 e. The van der Waals surface area contributed by atoms with Crippen molar-refractivity contribution in [3.05, 3.63) is 12.2 Å². The molecule has 2 aliphatic heterocycles. The normalized spacial score (nSPS) is 28.3. The highest BCUT2D eigenvalue weighted by atomic mass is 16.7. The SMILES string of the molecule is CCCCCC/C=C\CCCCCCCCOCC(COC1OC(COC2OC(CO)C(O)C(O)C2O)C(O)C(O)C1O)OC(=O)CCCCCCCCCCCC. The van der Waals surface area contributed by atoms with Crippen molar-refractivity contribution in [2.24, 2.45) is 0 Å². The molecule has 2 saturated heterocycles. The van der Waals surface area contributed by atoms with Crippen LogP contribution in [0.15, 0.2) is 12.2 Å². The number of unbranched alkanes of at least 4 members (excludes halogenated alkanes) is 19. The Bertz CT molecular complexity index is 1020.